The molecule has 112 valence electrons. The number of fused-ring (bicyclic) bond motifs is 1. The standard InChI is InChI=1S/C16H24O4/c1-10(14(18)19-3)6-12(17)8-16-9-20-15(2)5-4-11(16)7-13(15)16/h6,11-13,17H,4-5,7-9H2,1-3H3/b10-6+/t11-,12+,13-,15+,16-/m0/s1. The second-order valence-electron chi connectivity index (χ2n) is 6.97. The van der Waals surface area contributed by atoms with Gasteiger partial charge < -0.3 is 14.6 Å². The lowest BCUT2D eigenvalue weighted by atomic mass is 9.43. The molecule has 4 fully saturated rings. The average Bonchev–Trinajstić information content (AvgIpc) is 2.54. The smallest absolute Gasteiger partial charge is 0.333 e. The summed E-state index contributed by atoms with van der Waals surface area (Å²) in [4.78, 5) is 11.4. The Morgan fingerprint density at radius 3 is 3.00 bits per heavy atom. The lowest BCUT2D eigenvalue weighted by Gasteiger charge is -2.59. The molecule has 1 aliphatic heterocycles. The van der Waals surface area contributed by atoms with Crippen LogP contribution in [0.15, 0.2) is 11.6 Å². The van der Waals surface area contributed by atoms with Crippen LogP contribution in [0.1, 0.15) is 39.5 Å². The molecule has 0 amide bonds. The Morgan fingerprint density at radius 2 is 2.35 bits per heavy atom. The fraction of sp³-hybridized carbons (Fsp3) is 0.812. The van der Waals surface area contributed by atoms with Crippen molar-refractivity contribution in [2.45, 2.75) is 51.2 Å². The molecule has 4 aliphatic rings. The van der Waals surface area contributed by atoms with Crippen molar-refractivity contribution in [2.24, 2.45) is 17.3 Å². The third kappa shape index (κ3) is 1.85. The lowest BCUT2D eigenvalue weighted by molar-refractivity contribution is -0.136. The lowest BCUT2D eigenvalue weighted by Crippen LogP contribution is -2.58. The molecular formula is C16H24O4. The first-order valence-corrected chi connectivity index (χ1v) is 7.50. The van der Waals surface area contributed by atoms with Crippen LogP contribution in [-0.4, -0.2) is 36.5 Å². The molecule has 0 aromatic rings. The molecule has 1 heterocycles. The van der Waals surface area contributed by atoms with Gasteiger partial charge >= 0.3 is 5.97 Å². The summed E-state index contributed by atoms with van der Waals surface area (Å²) in [6.45, 7) is 4.67. The zero-order chi connectivity index (χ0) is 14.5. The van der Waals surface area contributed by atoms with Crippen LogP contribution >= 0.6 is 0 Å². The molecular weight excluding hydrogens is 256 g/mol. The van der Waals surface area contributed by atoms with E-state index in [4.69, 9.17) is 4.74 Å². The third-order valence-electron chi connectivity index (χ3n) is 5.96. The van der Waals surface area contributed by atoms with Crippen LogP contribution in [0.2, 0.25) is 0 Å². The van der Waals surface area contributed by atoms with Gasteiger partial charge in [0.2, 0.25) is 0 Å². The van der Waals surface area contributed by atoms with Gasteiger partial charge in [-0.1, -0.05) is 0 Å². The van der Waals surface area contributed by atoms with E-state index in [0.29, 0.717) is 23.8 Å². The Balaban J connectivity index is 1.71. The SMILES string of the molecule is COC(=O)/C(C)=C/[C@@H](O)C[C@]12CO[C@]3(C)CC[C@H]1C[C@H]23. The third-order valence-corrected chi connectivity index (χ3v) is 5.96. The minimum absolute atomic E-state index is 0.0234. The molecule has 4 rings (SSSR count). The first-order valence-electron chi connectivity index (χ1n) is 7.50. The highest BCUT2D eigenvalue weighted by atomic mass is 16.5. The molecule has 3 saturated carbocycles. The maximum Gasteiger partial charge on any atom is 0.333 e. The van der Waals surface area contributed by atoms with Gasteiger partial charge in [-0.2, -0.15) is 0 Å². The van der Waals surface area contributed by atoms with Crippen LogP contribution in [0.25, 0.3) is 0 Å². The number of aliphatic hydroxyl groups excluding tert-OH is 1. The van der Waals surface area contributed by atoms with Gasteiger partial charge in [-0.15, -0.1) is 0 Å². The van der Waals surface area contributed by atoms with Crippen molar-refractivity contribution >= 4 is 5.97 Å². The summed E-state index contributed by atoms with van der Waals surface area (Å²) in [5.41, 5.74) is 0.636. The van der Waals surface area contributed by atoms with Crippen molar-refractivity contribution < 1.29 is 19.4 Å². The normalized spacial score (nSPS) is 43.9. The molecule has 0 aromatic carbocycles. The molecule has 4 nitrogen and oxygen atoms in total. The minimum atomic E-state index is -0.594. The van der Waals surface area contributed by atoms with Gasteiger partial charge in [-0.3, -0.25) is 0 Å². The summed E-state index contributed by atoms with van der Waals surface area (Å²) < 4.78 is 10.7. The number of hydrogen-bond acceptors (Lipinski definition) is 4. The van der Waals surface area contributed by atoms with E-state index in [-0.39, 0.29) is 17.0 Å². The summed E-state index contributed by atoms with van der Waals surface area (Å²) in [5, 5.41) is 10.3. The molecule has 4 bridgehead atoms. The van der Waals surface area contributed by atoms with Gasteiger partial charge in [0.15, 0.2) is 0 Å². The second-order valence-corrected chi connectivity index (χ2v) is 6.97. The monoisotopic (exact) mass is 280 g/mol. The Bertz CT molecular complexity index is 455. The molecule has 4 heteroatoms. The number of esters is 1. The van der Waals surface area contributed by atoms with Crippen molar-refractivity contribution in [3.63, 3.8) is 0 Å². The highest BCUT2D eigenvalue weighted by Gasteiger charge is 2.69. The van der Waals surface area contributed by atoms with Crippen molar-refractivity contribution in [2.75, 3.05) is 13.7 Å². The van der Waals surface area contributed by atoms with Crippen molar-refractivity contribution in [1.82, 2.24) is 0 Å². The van der Waals surface area contributed by atoms with E-state index >= 15 is 0 Å². The number of ether oxygens (including phenoxy) is 2. The molecule has 5 atom stereocenters. The van der Waals surface area contributed by atoms with Gasteiger partial charge in [0, 0.05) is 11.0 Å². The van der Waals surface area contributed by atoms with Gasteiger partial charge in [-0.05, 0) is 57.4 Å². The summed E-state index contributed by atoms with van der Waals surface area (Å²) in [7, 11) is 1.36. The largest absolute Gasteiger partial charge is 0.466 e. The summed E-state index contributed by atoms with van der Waals surface area (Å²) in [5.74, 6) is 0.891. The summed E-state index contributed by atoms with van der Waals surface area (Å²) in [6.07, 6.45) is 5.33. The zero-order valence-corrected chi connectivity index (χ0v) is 12.5. The fourth-order valence-corrected chi connectivity index (χ4v) is 4.80. The molecule has 0 radical (unpaired) electrons. The van der Waals surface area contributed by atoms with E-state index < -0.39 is 6.10 Å². The van der Waals surface area contributed by atoms with Crippen LogP contribution in [0.3, 0.4) is 0 Å². The maximum absolute atomic E-state index is 11.4. The second kappa shape index (κ2) is 4.57. The molecule has 3 aliphatic carbocycles. The van der Waals surface area contributed by atoms with Gasteiger partial charge in [0.05, 0.1) is 25.4 Å². The van der Waals surface area contributed by atoms with E-state index in [2.05, 4.69) is 11.7 Å². The van der Waals surface area contributed by atoms with E-state index in [1.54, 1.807) is 13.0 Å². The van der Waals surface area contributed by atoms with Crippen LogP contribution < -0.4 is 0 Å². The Hall–Kier alpha value is -0.870. The predicted octanol–water partition coefficient (Wildman–Crippen LogP) is 2.06. The minimum Gasteiger partial charge on any atom is -0.466 e. The number of carbonyl (C=O) groups excluding carboxylic acids is 1. The van der Waals surface area contributed by atoms with Crippen LogP contribution in [0, 0.1) is 17.3 Å². The van der Waals surface area contributed by atoms with E-state index in [9.17, 15) is 9.90 Å². The highest BCUT2D eigenvalue weighted by Crippen LogP contribution is 2.70. The molecule has 0 aromatic heterocycles. The number of carbonyl (C=O) groups is 1. The number of methoxy groups -OCH3 is 1. The molecule has 0 unspecified atom stereocenters. The van der Waals surface area contributed by atoms with Gasteiger partial charge in [-0.25, -0.2) is 4.79 Å². The first-order chi connectivity index (χ1) is 9.41. The predicted molar refractivity (Wildman–Crippen MR) is 74.0 cm³/mol. The Labute approximate surface area is 120 Å². The maximum atomic E-state index is 11.4. The summed E-state index contributed by atoms with van der Waals surface area (Å²) >= 11 is 0. The Kier molecular flexibility index (Phi) is 3.22. The number of aliphatic hydroxyl groups is 1. The molecule has 20 heavy (non-hydrogen) atoms. The number of hydrogen-bond donors (Lipinski definition) is 1. The zero-order valence-electron chi connectivity index (χ0n) is 12.5. The van der Waals surface area contributed by atoms with Gasteiger partial charge in [0.1, 0.15) is 0 Å². The first kappa shape index (κ1) is 14.1. The summed E-state index contributed by atoms with van der Waals surface area (Å²) in [6, 6.07) is 0. The fourth-order valence-electron chi connectivity index (χ4n) is 4.80. The number of rotatable bonds is 4. The quantitative estimate of drug-likeness (QED) is 0.632. The molecule has 0 spiro atoms. The van der Waals surface area contributed by atoms with Crippen molar-refractivity contribution in [3.8, 4) is 0 Å². The van der Waals surface area contributed by atoms with Crippen LogP contribution in [-0.2, 0) is 14.3 Å². The topological polar surface area (TPSA) is 55.8 Å². The van der Waals surface area contributed by atoms with E-state index in [0.717, 1.165) is 13.0 Å². The van der Waals surface area contributed by atoms with Gasteiger partial charge in [0.25, 0.3) is 0 Å². The molecule has 1 saturated heterocycles. The Morgan fingerprint density at radius 1 is 1.60 bits per heavy atom. The van der Waals surface area contributed by atoms with Crippen LogP contribution in [0.5, 0.6) is 0 Å². The van der Waals surface area contributed by atoms with E-state index in [1.165, 1.54) is 20.0 Å². The van der Waals surface area contributed by atoms with E-state index in [1.807, 2.05) is 0 Å². The van der Waals surface area contributed by atoms with Crippen LogP contribution in [0.4, 0.5) is 0 Å². The highest BCUT2D eigenvalue weighted by molar-refractivity contribution is 5.87. The van der Waals surface area contributed by atoms with Crippen molar-refractivity contribution in [3.05, 3.63) is 11.6 Å². The average molecular weight is 280 g/mol. The van der Waals surface area contributed by atoms with Crippen molar-refractivity contribution in [1.29, 1.82) is 0 Å². The molecule has 1 N–H and O–H groups in total.